The number of aromatic nitrogens is 4. The number of nitrogens with one attached hydrogen (secondary N) is 2. The Balaban J connectivity index is 1.73. The SMILES string of the molecule is O=C(NNc1ccc2nncn2n1)c1ccccc1Cl. The normalized spacial score (nSPS) is 10.4. The maximum atomic E-state index is 11.9. The minimum Gasteiger partial charge on any atom is -0.280 e. The molecule has 2 heterocycles. The summed E-state index contributed by atoms with van der Waals surface area (Å²) in [6, 6.07) is 10.2. The first-order chi connectivity index (χ1) is 9.74. The number of nitrogens with zero attached hydrogens (tertiary/aromatic N) is 4. The lowest BCUT2D eigenvalue weighted by Crippen LogP contribution is -2.30. The summed E-state index contributed by atoms with van der Waals surface area (Å²) in [6.45, 7) is 0. The van der Waals surface area contributed by atoms with Crippen LogP contribution in [0.3, 0.4) is 0 Å². The molecule has 1 amide bonds. The van der Waals surface area contributed by atoms with E-state index >= 15 is 0 Å². The Hall–Kier alpha value is -2.67. The van der Waals surface area contributed by atoms with E-state index in [1.165, 1.54) is 10.8 Å². The highest BCUT2D eigenvalue weighted by Crippen LogP contribution is 2.14. The Bertz CT molecular complexity index is 771. The molecule has 1 aromatic carbocycles. The topological polar surface area (TPSA) is 84.2 Å². The van der Waals surface area contributed by atoms with Crippen molar-refractivity contribution < 1.29 is 4.79 Å². The monoisotopic (exact) mass is 288 g/mol. The van der Waals surface area contributed by atoms with Crippen LogP contribution in [-0.2, 0) is 0 Å². The van der Waals surface area contributed by atoms with Gasteiger partial charge in [0.05, 0.1) is 10.6 Å². The van der Waals surface area contributed by atoms with Gasteiger partial charge in [-0.15, -0.1) is 15.3 Å². The molecule has 0 aliphatic carbocycles. The van der Waals surface area contributed by atoms with Gasteiger partial charge in [0.25, 0.3) is 5.91 Å². The first-order valence-corrected chi connectivity index (χ1v) is 6.10. The number of hydrazine groups is 1. The zero-order valence-corrected chi connectivity index (χ0v) is 10.9. The standard InChI is InChI=1S/C12H9ClN6O/c13-9-4-2-1-3-8(9)12(20)17-15-10-5-6-11-16-14-7-19(11)18-10/h1-7H,(H,15,18)(H,17,20). The molecular weight excluding hydrogens is 280 g/mol. The van der Waals surface area contributed by atoms with Crippen molar-refractivity contribution in [3.63, 3.8) is 0 Å². The predicted molar refractivity (Wildman–Crippen MR) is 73.3 cm³/mol. The van der Waals surface area contributed by atoms with Gasteiger partial charge in [-0.25, -0.2) is 0 Å². The summed E-state index contributed by atoms with van der Waals surface area (Å²) >= 11 is 5.94. The average molecular weight is 289 g/mol. The van der Waals surface area contributed by atoms with E-state index in [0.717, 1.165) is 0 Å². The lowest BCUT2D eigenvalue weighted by molar-refractivity contribution is 0.0962. The van der Waals surface area contributed by atoms with Gasteiger partial charge >= 0.3 is 0 Å². The Morgan fingerprint density at radius 3 is 2.90 bits per heavy atom. The zero-order chi connectivity index (χ0) is 13.9. The average Bonchev–Trinajstić information content (AvgIpc) is 2.92. The summed E-state index contributed by atoms with van der Waals surface area (Å²) < 4.78 is 1.49. The van der Waals surface area contributed by atoms with E-state index in [1.54, 1.807) is 36.4 Å². The largest absolute Gasteiger partial charge is 0.280 e. The minimum absolute atomic E-state index is 0.346. The van der Waals surface area contributed by atoms with E-state index in [-0.39, 0.29) is 5.91 Å². The van der Waals surface area contributed by atoms with Gasteiger partial charge in [0.15, 0.2) is 11.5 Å². The lowest BCUT2D eigenvalue weighted by atomic mass is 10.2. The summed E-state index contributed by atoms with van der Waals surface area (Å²) in [5.41, 5.74) is 6.23. The van der Waals surface area contributed by atoms with Gasteiger partial charge in [-0.05, 0) is 24.3 Å². The second-order valence-corrected chi connectivity index (χ2v) is 4.32. The molecule has 0 bridgehead atoms. The van der Waals surface area contributed by atoms with Crippen molar-refractivity contribution >= 4 is 29.0 Å². The first kappa shape index (κ1) is 12.4. The number of amides is 1. The van der Waals surface area contributed by atoms with E-state index in [1.807, 2.05) is 0 Å². The summed E-state index contributed by atoms with van der Waals surface area (Å²) in [4.78, 5) is 11.9. The van der Waals surface area contributed by atoms with Gasteiger partial charge in [0.2, 0.25) is 0 Å². The molecule has 100 valence electrons. The second kappa shape index (κ2) is 5.14. The molecule has 0 radical (unpaired) electrons. The number of anilines is 1. The van der Waals surface area contributed by atoms with Crippen LogP contribution >= 0.6 is 11.6 Å². The van der Waals surface area contributed by atoms with Gasteiger partial charge in [-0.2, -0.15) is 4.52 Å². The first-order valence-electron chi connectivity index (χ1n) is 5.72. The number of carbonyl (C=O) groups is 1. The Labute approximate surface area is 118 Å². The fourth-order valence-corrected chi connectivity index (χ4v) is 1.85. The molecule has 0 unspecified atom stereocenters. The molecule has 0 saturated carbocycles. The van der Waals surface area contributed by atoms with Crippen molar-refractivity contribution in [2.75, 3.05) is 5.43 Å². The van der Waals surface area contributed by atoms with Crippen molar-refractivity contribution in [1.82, 2.24) is 25.2 Å². The highest BCUT2D eigenvalue weighted by Gasteiger charge is 2.09. The van der Waals surface area contributed by atoms with Crippen molar-refractivity contribution in [2.45, 2.75) is 0 Å². The highest BCUT2D eigenvalue weighted by atomic mass is 35.5. The summed E-state index contributed by atoms with van der Waals surface area (Å²) in [7, 11) is 0. The second-order valence-electron chi connectivity index (χ2n) is 3.91. The molecule has 0 aliphatic heterocycles. The van der Waals surface area contributed by atoms with Crippen LogP contribution < -0.4 is 10.9 Å². The van der Waals surface area contributed by atoms with Gasteiger partial charge < -0.3 is 0 Å². The van der Waals surface area contributed by atoms with Crippen LogP contribution in [0.25, 0.3) is 5.65 Å². The van der Waals surface area contributed by atoms with Crippen molar-refractivity contribution in [2.24, 2.45) is 0 Å². The van der Waals surface area contributed by atoms with E-state index in [9.17, 15) is 4.79 Å². The third kappa shape index (κ3) is 2.39. The molecule has 2 N–H and O–H groups in total. The summed E-state index contributed by atoms with van der Waals surface area (Å²) in [5.74, 6) is 0.110. The smallest absolute Gasteiger partial charge is 0.271 e. The van der Waals surface area contributed by atoms with Crippen LogP contribution in [0.15, 0.2) is 42.7 Å². The Morgan fingerprint density at radius 2 is 2.05 bits per heavy atom. The zero-order valence-electron chi connectivity index (χ0n) is 10.1. The molecular formula is C12H9ClN6O. The number of rotatable bonds is 3. The van der Waals surface area contributed by atoms with E-state index in [2.05, 4.69) is 26.1 Å². The quantitative estimate of drug-likeness (QED) is 0.714. The van der Waals surface area contributed by atoms with Gasteiger partial charge in [0, 0.05) is 0 Å². The Kier molecular flexibility index (Phi) is 3.18. The van der Waals surface area contributed by atoms with Gasteiger partial charge in [-0.3, -0.25) is 15.6 Å². The number of halogens is 1. The van der Waals surface area contributed by atoms with Crippen LogP contribution in [0.1, 0.15) is 10.4 Å². The van der Waals surface area contributed by atoms with Gasteiger partial charge in [-0.1, -0.05) is 23.7 Å². The summed E-state index contributed by atoms with van der Waals surface area (Å²) in [6.07, 6.45) is 1.47. The molecule has 0 spiro atoms. The third-order valence-electron chi connectivity index (χ3n) is 2.58. The predicted octanol–water partition coefficient (Wildman–Crippen LogP) is 1.53. The minimum atomic E-state index is -0.346. The summed E-state index contributed by atoms with van der Waals surface area (Å²) in [5, 5.41) is 12.1. The maximum absolute atomic E-state index is 11.9. The van der Waals surface area contributed by atoms with Crippen LogP contribution in [0.4, 0.5) is 5.82 Å². The number of fused-ring (bicyclic) bond motifs is 1. The molecule has 0 fully saturated rings. The number of benzene rings is 1. The number of carbonyl (C=O) groups excluding carboxylic acids is 1. The molecule has 3 aromatic rings. The van der Waals surface area contributed by atoms with E-state index in [4.69, 9.17) is 11.6 Å². The number of hydrogen-bond donors (Lipinski definition) is 2. The van der Waals surface area contributed by atoms with Gasteiger partial charge in [0.1, 0.15) is 6.33 Å². The van der Waals surface area contributed by atoms with Crippen molar-refractivity contribution in [3.05, 3.63) is 53.3 Å². The molecule has 0 atom stereocenters. The lowest BCUT2D eigenvalue weighted by Gasteiger charge is -2.08. The van der Waals surface area contributed by atoms with E-state index < -0.39 is 0 Å². The molecule has 7 nitrogen and oxygen atoms in total. The molecule has 0 aliphatic rings. The molecule has 8 heteroatoms. The van der Waals surface area contributed by atoms with Crippen LogP contribution in [0, 0.1) is 0 Å². The van der Waals surface area contributed by atoms with E-state index in [0.29, 0.717) is 22.1 Å². The van der Waals surface area contributed by atoms with Crippen LogP contribution in [0.2, 0.25) is 5.02 Å². The fraction of sp³-hybridized carbons (Fsp3) is 0. The Morgan fingerprint density at radius 1 is 1.20 bits per heavy atom. The molecule has 2 aromatic heterocycles. The van der Waals surface area contributed by atoms with Crippen LogP contribution in [0.5, 0.6) is 0 Å². The maximum Gasteiger partial charge on any atom is 0.271 e. The third-order valence-corrected chi connectivity index (χ3v) is 2.91. The van der Waals surface area contributed by atoms with Crippen molar-refractivity contribution in [3.8, 4) is 0 Å². The van der Waals surface area contributed by atoms with Crippen molar-refractivity contribution in [1.29, 1.82) is 0 Å². The molecule has 20 heavy (non-hydrogen) atoms. The highest BCUT2D eigenvalue weighted by molar-refractivity contribution is 6.33. The molecule has 3 rings (SSSR count). The van der Waals surface area contributed by atoms with Crippen LogP contribution in [-0.4, -0.2) is 25.7 Å². The fourth-order valence-electron chi connectivity index (χ4n) is 1.63. The number of hydrogen-bond acceptors (Lipinski definition) is 5. The molecule has 0 saturated heterocycles.